The smallest absolute Gasteiger partial charge is 0.151 e. The van der Waals surface area contributed by atoms with Gasteiger partial charge in [-0.15, -0.1) is 0 Å². The fourth-order valence-corrected chi connectivity index (χ4v) is 6.30. The molecule has 0 unspecified atom stereocenters. The lowest BCUT2D eigenvalue weighted by Gasteiger charge is -2.35. The number of anilines is 4. The van der Waals surface area contributed by atoms with E-state index in [9.17, 15) is 0 Å². The first-order valence-electron chi connectivity index (χ1n) is 15.2. The Bertz CT molecular complexity index is 2080. The van der Waals surface area contributed by atoms with E-state index in [4.69, 9.17) is 14.5 Å². The van der Waals surface area contributed by atoms with E-state index in [2.05, 4.69) is 76.7 Å². The molecule has 0 saturated carbocycles. The zero-order valence-corrected chi connectivity index (χ0v) is 25.0. The molecule has 1 aliphatic carbocycles. The van der Waals surface area contributed by atoms with Gasteiger partial charge in [-0.05, 0) is 60.9 Å². The van der Waals surface area contributed by atoms with Crippen molar-refractivity contribution in [3.05, 3.63) is 139 Å². The number of fused-ring (bicyclic) bond motifs is 6. The van der Waals surface area contributed by atoms with E-state index in [1.165, 1.54) is 10.8 Å². The van der Waals surface area contributed by atoms with Crippen LogP contribution >= 0.6 is 0 Å². The van der Waals surface area contributed by atoms with Crippen molar-refractivity contribution in [2.45, 2.75) is 20.3 Å². The van der Waals surface area contributed by atoms with E-state index in [-0.39, 0.29) is 0 Å². The van der Waals surface area contributed by atoms with Crippen LogP contribution in [-0.4, -0.2) is 9.97 Å². The molecular weight excluding hydrogens is 556 g/mol. The minimum absolute atomic E-state index is 0.801. The average Bonchev–Trinajstić information content (AvgIpc) is 3.44. The van der Waals surface area contributed by atoms with Gasteiger partial charge < -0.3 is 19.7 Å². The third-order valence-electron chi connectivity index (χ3n) is 8.23. The lowest BCUT2D eigenvalue weighted by Crippen LogP contribution is -2.24. The fraction of sp³-hybridized carbons (Fsp3) is 0.0769. The molecule has 45 heavy (non-hydrogen) atoms. The predicted octanol–water partition coefficient (Wildman–Crippen LogP) is 10.5. The minimum atomic E-state index is 0.801. The number of benzene rings is 5. The highest BCUT2D eigenvalue weighted by Gasteiger charge is 2.32. The summed E-state index contributed by atoms with van der Waals surface area (Å²) in [5.41, 5.74) is 9.37. The van der Waals surface area contributed by atoms with E-state index in [0.717, 1.165) is 80.4 Å². The van der Waals surface area contributed by atoms with Gasteiger partial charge in [-0.3, -0.25) is 9.97 Å². The van der Waals surface area contributed by atoms with Crippen molar-refractivity contribution >= 4 is 33.5 Å². The van der Waals surface area contributed by atoms with E-state index in [0.29, 0.717) is 0 Å². The molecule has 0 spiro atoms. The zero-order valence-electron chi connectivity index (χ0n) is 25.0. The first-order chi connectivity index (χ1) is 22.2. The normalized spacial score (nSPS) is 13.5. The third-order valence-corrected chi connectivity index (χ3v) is 8.23. The lowest BCUT2D eigenvalue weighted by molar-refractivity contribution is 0.396. The van der Waals surface area contributed by atoms with Crippen molar-refractivity contribution < 1.29 is 9.47 Å². The van der Waals surface area contributed by atoms with Crippen LogP contribution in [0.25, 0.3) is 33.3 Å². The number of nitrogens with one attached hydrogen (secondary N) is 1. The molecule has 5 aromatic carbocycles. The molecule has 1 aromatic heterocycles. The van der Waals surface area contributed by atoms with Crippen LogP contribution in [0, 0.1) is 0 Å². The molecule has 0 radical (unpaired) electrons. The Labute approximate surface area is 261 Å². The zero-order chi connectivity index (χ0) is 30.3. The summed E-state index contributed by atoms with van der Waals surface area (Å²) in [5, 5.41) is 5.73. The second-order valence-electron chi connectivity index (χ2n) is 10.9. The Balaban J connectivity index is 0.000000178. The van der Waals surface area contributed by atoms with Gasteiger partial charge in [-0.1, -0.05) is 73.7 Å². The number of hydrogen-bond donors (Lipinski definition) is 1. The molecule has 9 rings (SSSR count). The fourth-order valence-electron chi connectivity index (χ4n) is 6.30. The van der Waals surface area contributed by atoms with E-state index in [1.807, 2.05) is 67.6 Å². The molecule has 3 aliphatic rings. The Kier molecular flexibility index (Phi) is 6.53. The summed E-state index contributed by atoms with van der Waals surface area (Å²) in [6.45, 7) is 4.17. The number of allylic oxidation sites excluding steroid dienone is 3. The lowest BCUT2D eigenvalue weighted by atomic mass is 10.00. The largest absolute Gasteiger partial charge is 0.457 e. The summed E-state index contributed by atoms with van der Waals surface area (Å²) in [6, 6.07) is 34.8. The standard InChI is InChI=1S/C27H21N3O.C12H9NO/c1-3-8-19-22(4-2)31-23-12-6-5-11-20(23)30(19)21-14-13-17-9-7-10-18-24(17)25(21)27-26(18)28-15-16-29-27;1-3-7-11-9(5-1)13-10-6-2-4-8-12(10)14-11/h3,5-16H,4H2,1-2H3;1-8,13H/b8-3-;. The summed E-state index contributed by atoms with van der Waals surface area (Å²) in [4.78, 5) is 11.8. The SMILES string of the molecule is C/C=C\C1=C(CC)Oc2ccccc2N1c1ccc2cccc3c2c1-c1nccnc1-3.c1ccc2c(c1)Nc1ccccc1O2. The van der Waals surface area contributed by atoms with Crippen molar-refractivity contribution in [2.24, 2.45) is 0 Å². The molecule has 0 saturated heterocycles. The third kappa shape index (κ3) is 4.42. The second-order valence-corrected chi connectivity index (χ2v) is 10.9. The molecule has 218 valence electrons. The van der Waals surface area contributed by atoms with Gasteiger partial charge in [0.05, 0.1) is 39.8 Å². The number of nitrogens with zero attached hydrogens (tertiary/aromatic N) is 3. The van der Waals surface area contributed by atoms with Gasteiger partial charge in [-0.25, -0.2) is 0 Å². The minimum Gasteiger partial charge on any atom is -0.457 e. The van der Waals surface area contributed by atoms with Crippen molar-refractivity contribution in [3.8, 4) is 39.8 Å². The summed E-state index contributed by atoms with van der Waals surface area (Å²) >= 11 is 0. The Morgan fingerprint density at radius 1 is 0.689 bits per heavy atom. The molecule has 0 amide bonds. The Morgan fingerprint density at radius 3 is 2.11 bits per heavy atom. The van der Waals surface area contributed by atoms with Crippen molar-refractivity contribution in [1.29, 1.82) is 0 Å². The highest BCUT2D eigenvalue weighted by Crippen LogP contribution is 2.53. The van der Waals surface area contributed by atoms with Crippen molar-refractivity contribution in [3.63, 3.8) is 0 Å². The number of para-hydroxylation sites is 6. The van der Waals surface area contributed by atoms with Crippen LogP contribution in [0.1, 0.15) is 20.3 Å². The monoisotopic (exact) mass is 586 g/mol. The van der Waals surface area contributed by atoms with E-state index >= 15 is 0 Å². The molecule has 1 N–H and O–H groups in total. The maximum Gasteiger partial charge on any atom is 0.151 e. The summed E-state index contributed by atoms with van der Waals surface area (Å²) in [5.74, 6) is 3.58. The first kappa shape index (κ1) is 26.7. The first-order valence-corrected chi connectivity index (χ1v) is 15.2. The van der Waals surface area contributed by atoms with Crippen LogP contribution in [0.4, 0.5) is 22.7 Å². The highest BCUT2D eigenvalue weighted by molar-refractivity contribution is 6.17. The maximum atomic E-state index is 6.30. The van der Waals surface area contributed by atoms with Crippen molar-refractivity contribution in [2.75, 3.05) is 10.2 Å². The van der Waals surface area contributed by atoms with Gasteiger partial charge in [-0.2, -0.15) is 0 Å². The van der Waals surface area contributed by atoms with Crippen LogP contribution in [0.3, 0.4) is 0 Å². The molecule has 0 atom stereocenters. The predicted molar refractivity (Wildman–Crippen MR) is 182 cm³/mol. The summed E-state index contributed by atoms with van der Waals surface area (Å²) in [6.07, 6.45) is 8.54. The maximum absolute atomic E-state index is 6.30. The topological polar surface area (TPSA) is 59.5 Å². The number of hydrogen-bond acceptors (Lipinski definition) is 6. The van der Waals surface area contributed by atoms with Gasteiger partial charge in [0.1, 0.15) is 5.76 Å². The van der Waals surface area contributed by atoms with Crippen LogP contribution in [0.15, 0.2) is 139 Å². The number of rotatable bonds is 3. The molecule has 0 bridgehead atoms. The van der Waals surface area contributed by atoms with Gasteiger partial charge in [0.2, 0.25) is 0 Å². The number of aromatic nitrogens is 2. The van der Waals surface area contributed by atoms with Gasteiger partial charge in [0.15, 0.2) is 17.2 Å². The van der Waals surface area contributed by atoms with Gasteiger partial charge in [0, 0.05) is 35.3 Å². The molecule has 0 fully saturated rings. The molecule has 6 heteroatoms. The van der Waals surface area contributed by atoms with E-state index < -0.39 is 0 Å². The molecule has 6 aromatic rings. The molecule has 3 heterocycles. The number of ether oxygens (including phenoxy) is 2. The molecule has 6 nitrogen and oxygen atoms in total. The molecule has 2 aliphatic heterocycles. The quantitative estimate of drug-likeness (QED) is 0.222. The van der Waals surface area contributed by atoms with E-state index in [1.54, 1.807) is 12.4 Å². The second kappa shape index (κ2) is 11.0. The summed E-state index contributed by atoms with van der Waals surface area (Å²) in [7, 11) is 0. The average molecular weight is 587 g/mol. The van der Waals surface area contributed by atoms with Gasteiger partial charge >= 0.3 is 0 Å². The van der Waals surface area contributed by atoms with Gasteiger partial charge in [0.25, 0.3) is 0 Å². The molecular formula is C39H30N4O2. The van der Waals surface area contributed by atoms with Crippen molar-refractivity contribution in [1.82, 2.24) is 9.97 Å². The summed E-state index contributed by atoms with van der Waals surface area (Å²) < 4.78 is 12.0. The highest BCUT2D eigenvalue weighted by atomic mass is 16.5. The van der Waals surface area contributed by atoms with Crippen LogP contribution in [-0.2, 0) is 0 Å². The van der Waals surface area contributed by atoms with Crippen LogP contribution in [0.2, 0.25) is 0 Å². The Morgan fingerprint density at radius 2 is 1.38 bits per heavy atom. The van der Waals surface area contributed by atoms with Crippen LogP contribution < -0.4 is 19.7 Å². The Hall–Kier alpha value is -5.88. The van der Waals surface area contributed by atoms with Crippen LogP contribution in [0.5, 0.6) is 17.2 Å².